The number of alkyl halides is 2. The number of carbonyl (C=O) groups excluding carboxylic acids is 3. The van der Waals surface area contributed by atoms with Crippen molar-refractivity contribution in [2.24, 2.45) is 0 Å². The molecule has 11 heteroatoms. The number of Topliss-reactive ketones (excluding diaryl/α,β-unsaturated/α-hetero) is 1. The van der Waals surface area contributed by atoms with Gasteiger partial charge in [0.1, 0.15) is 12.0 Å². The van der Waals surface area contributed by atoms with Gasteiger partial charge in [0.15, 0.2) is 18.5 Å². The van der Waals surface area contributed by atoms with E-state index in [4.69, 9.17) is 9.99 Å². The van der Waals surface area contributed by atoms with Crippen LogP contribution in [0.3, 0.4) is 0 Å². The Morgan fingerprint density at radius 1 is 1.38 bits per heavy atom. The average Bonchev–Trinajstić information content (AvgIpc) is 2.45. The normalized spacial score (nSPS) is 19.2. The monoisotopic (exact) mass is 330 g/mol. The van der Waals surface area contributed by atoms with Crippen molar-refractivity contribution >= 4 is 29.8 Å². The number of hydrogen-bond donors (Lipinski definition) is 1. The molecule has 0 aromatic rings. The predicted molar refractivity (Wildman–Crippen MR) is 61.7 cm³/mol. The van der Waals surface area contributed by atoms with Crippen LogP contribution in [-0.2, 0) is 33.2 Å². The zero-order valence-corrected chi connectivity index (χ0v) is 11.4. The van der Waals surface area contributed by atoms with Crippen LogP contribution in [0.4, 0.5) is 8.78 Å². The zero-order chi connectivity index (χ0) is 15.9. The predicted octanol–water partition coefficient (Wildman–Crippen LogP) is 1.25. The molecule has 1 unspecified atom stereocenters. The minimum Gasteiger partial charge on any atom is -0.452 e. The summed E-state index contributed by atoms with van der Waals surface area (Å²) in [6, 6.07) is 0. The van der Waals surface area contributed by atoms with Gasteiger partial charge in [0.2, 0.25) is 0 Å². The molecule has 0 saturated heterocycles. The lowest BCUT2D eigenvalue weighted by molar-refractivity contribution is -0.433. The van der Waals surface area contributed by atoms with E-state index in [1.54, 1.807) is 0 Å². The van der Waals surface area contributed by atoms with Crippen molar-refractivity contribution < 1.29 is 47.3 Å². The first-order valence-electron chi connectivity index (χ1n) is 5.80. The second kappa shape index (κ2) is 8.22. The van der Waals surface area contributed by atoms with Gasteiger partial charge in [0.05, 0.1) is 0 Å². The Balaban J connectivity index is 2.35. The summed E-state index contributed by atoms with van der Waals surface area (Å²) in [4.78, 5) is 33.6. The highest BCUT2D eigenvalue weighted by atomic mass is 32.2. The third kappa shape index (κ3) is 5.91. The van der Waals surface area contributed by atoms with Crippen LogP contribution in [0.5, 0.6) is 0 Å². The summed E-state index contributed by atoms with van der Waals surface area (Å²) in [6.45, 7) is -1.07. The van der Waals surface area contributed by atoms with E-state index in [-0.39, 0.29) is 12.2 Å². The van der Waals surface area contributed by atoms with Crippen LogP contribution in [-0.4, -0.2) is 40.9 Å². The van der Waals surface area contributed by atoms with Crippen LogP contribution in [0.25, 0.3) is 0 Å². The Morgan fingerprint density at radius 2 is 2.10 bits per heavy atom. The van der Waals surface area contributed by atoms with E-state index >= 15 is 0 Å². The first-order valence-corrected chi connectivity index (χ1v) is 6.54. The van der Waals surface area contributed by atoms with Crippen molar-refractivity contribution in [2.45, 2.75) is 37.0 Å². The van der Waals surface area contributed by atoms with Gasteiger partial charge in [-0.05, 0) is 19.3 Å². The highest BCUT2D eigenvalue weighted by Crippen LogP contribution is 2.31. The topological polar surface area (TPSA) is 108 Å². The summed E-state index contributed by atoms with van der Waals surface area (Å²) in [5.41, 5.74) is 0. The lowest BCUT2D eigenvalue weighted by atomic mass is 9.96. The third-order valence-electron chi connectivity index (χ3n) is 2.50. The second-order valence-electron chi connectivity index (χ2n) is 4.01. The molecule has 8 nitrogen and oxygen atoms in total. The molecule has 21 heavy (non-hydrogen) atoms. The van der Waals surface area contributed by atoms with E-state index in [0.717, 1.165) is 0 Å². The van der Waals surface area contributed by atoms with Crippen molar-refractivity contribution in [3.05, 3.63) is 0 Å². The molecular formula is C10H12F2O8S. The van der Waals surface area contributed by atoms with E-state index in [9.17, 15) is 23.2 Å². The van der Waals surface area contributed by atoms with Gasteiger partial charge in [0.25, 0.3) is 0 Å². The highest BCUT2D eigenvalue weighted by Gasteiger charge is 2.44. The lowest BCUT2D eigenvalue weighted by Gasteiger charge is -2.20. The Kier molecular flexibility index (Phi) is 6.95. The molecule has 1 atom stereocenters. The highest BCUT2D eigenvalue weighted by molar-refractivity contribution is 7.96. The van der Waals surface area contributed by atoms with Crippen LogP contribution < -0.4 is 0 Å². The molecule has 1 saturated carbocycles. The van der Waals surface area contributed by atoms with Crippen molar-refractivity contribution in [3.63, 3.8) is 0 Å². The fourth-order valence-electron chi connectivity index (χ4n) is 1.57. The van der Waals surface area contributed by atoms with E-state index < -0.39 is 41.9 Å². The number of esters is 2. The zero-order valence-electron chi connectivity index (χ0n) is 10.6. The van der Waals surface area contributed by atoms with Gasteiger partial charge in [-0.2, -0.15) is 8.78 Å². The molecule has 0 aromatic carbocycles. The second-order valence-corrected chi connectivity index (χ2v) is 4.82. The summed E-state index contributed by atoms with van der Waals surface area (Å²) in [6.07, 6.45) is 1.12. The average molecular weight is 330 g/mol. The molecule has 1 aliphatic rings. The molecule has 0 aromatic heterocycles. The van der Waals surface area contributed by atoms with Crippen LogP contribution in [0.15, 0.2) is 0 Å². The van der Waals surface area contributed by atoms with Gasteiger partial charge in [-0.15, -0.1) is 4.33 Å². The molecule has 1 aliphatic carbocycles. The maximum absolute atomic E-state index is 12.9. The van der Waals surface area contributed by atoms with E-state index in [0.29, 0.717) is 19.3 Å². The SMILES string of the molecule is O=C(COC(=O)C(F)(F)SOOO)OC1CCCCC1=O. The molecular weight excluding hydrogens is 318 g/mol. The van der Waals surface area contributed by atoms with Crippen molar-refractivity contribution in [3.8, 4) is 0 Å². The van der Waals surface area contributed by atoms with E-state index in [1.165, 1.54) is 0 Å². The van der Waals surface area contributed by atoms with Crippen LogP contribution in [0, 0.1) is 0 Å². The molecule has 0 aliphatic heterocycles. The number of rotatable bonds is 7. The smallest absolute Gasteiger partial charge is 0.415 e. The molecule has 0 heterocycles. The summed E-state index contributed by atoms with van der Waals surface area (Å²) < 4.78 is 38.1. The summed E-state index contributed by atoms with van der Waals surface area (Å²) >= 11 is -0.812. The molecule has 0 bridgehead atoms. The standard InChI is InChI=1S/C10H12F2O8S/c11-10(12,21-20-19-16)9(15)17-5-8(14)18-7-4-2-1-3-6(7)13/h7,16H,1-5H2. The summed E-state index contributed by atoms with van der Waals surface area (Å²) in [5.74, 6) is -3.45. The first kappa shape index (κ1) is 17.8. The Labute approximate surface area is 121 Å². The molecule has 0 spiro atoms. The van der Waals surface area contributed by atoms with Gasteiger partial charge in [-0.1, -0.05) is 5.04 Å². The number of ketones is 1. The molecule has 0 amide bonds. The molecule has 0 radical (unpaired) electrons. The van der Waals surface area contributed by atoms with E-state index in [2.05, 4.69) is 14.1 Å². The van der Waals surface area contributed by atoms with Crippen molar-refractivity contribution in [1.82, 2.24) is 0 Å². The third-order valence-corrected chi connectivity index (χ3v) is 3.01. The Bertz CT molecular complexity index is 403. The van der Waals surface area contributed by atoms with Gasteiger partial charge in [-0.25, -0.2) is 14.8 Å². The van der Waals surface area contributed by atoms with Crippen molar-refractivity contribution in [2.75, 3.05) is 6.61 Å². The summed E-state index contributed by atoms with van der Waals surface area (Å²) in [7, 11) is 0. The van der Waals surface area contributed by atoms with E-state index in [1.807, 2.05) is 0 Å². The van der Waals surface area contributed by atoms with Crippen LogP contribution >= 0.6 is 12.0 Å². The van der Waals surface area contributed by atoms with Crippen LogP contribution in [0.1, 0.15) is 25.7 Å². The lowest BCUT2D eigenvalue weighted by Crippen LogP contribution is -2.34. The van der Waals surface area contributed by atoms with Gasteiger partial charge < -0.3 is 9.47 Å². The maximum atomic E-state index is 12.9. The molecule has 120 valence electrons. The minimum atomic E-state index is -4.19. The fourth-order valence-corrected chi connectivity index (χ4v) is 1.81. The first-order chi connectivity index (χ1) is 9.86. The number of hydrogen-bond acceptors (Lipinski definition) is 9. The fraction of sp³-hybridized carbons (Fsp3) is 0.700. The molecule has 1 N–H and O–H groups in total. The number of carbonyl (C=O) groups is 3. The maximum Gasteiger partial charge on any atom is 0.415 e. The summed E-state index contributed by atoms with van der Waals surface area (Å²) in [5, 5.41) is 6.42. The number of ether oxygens (including phenoxy) is 2. The van der Waals surface area contributed by atoms with Crippen LogP contribution in [0.2, 0.25) is 0 Å². The van der Waals surface area contributed by atoms with Gasteiger partial charge in [-0.3, -0.25) is 4.79 Å². The Hall–Kier alpha value is -1.30. The minimum absolute atomic E-state index is 0.254. The largest absolute Gasteiger partial charge is 0.452 e. The number of halogens is 2. The quantitative estimate of drug-likeness (QED) is 0.319. The molecule has 1 fully saturated rings. The van der Waals surface area contributed by atoms with Crippen molar-refractivity contribution in [1.29, 1.82) is 0 Å². The van der Waals surface area contributed by atoms with Gasteiger partial charge in [0, 0.05) is 6.42 Å². The Morgan fingerprint density at radius 3 is 2.71 bits per heavy atom. The van der Waals surface area contributed by atoms with Gasteiger partial charge >= 0.3 is 17.2 Å². The molecule has 1 rings (SSSR count).